The summed E-state index contributed by atoms with van der Waals surface area (Å²) < 4.78 is 0. The van der Waals surface area contributed by atoms with Crippen molar-refractivity contribution in [3.8, 4) is 0 Å². The van der Waals surface area contributed by atoms with E-state index in [9.17, 15) is 4.79 Å². The van der Waals surface area contributed by atoms with Crippen LogP contribution in [-0.2, 0) is 17.8 Å². The average Bonchev–Trinajstić information content (AvgIpc) is 2.91. The molecule has 3 rings (SSSR count). The Morgan fingerprint density at radius 1 is 1.47 bits per heavy atom. The van der Waals surface area contributed by atoms with E-state index < -0.39 is 0 Å². The summed E-state index contributed by atoms with van der Waals surface area (Å²) in [5.41, 5.74) is 1.80. The molecule has 0 bridgehead atoms. The quantitative estimate of drug-likeness (QED) is 0.884. The predicted molar refractivity (Wildman–Crippen MR) is 64.9 cm³/mol. The number of hydrogen-bond donors (Lipinski definition) is 1. The molecule has 1 aromatic carbocycles. The average molecular weight is 248 g/mol. The number of fused-ring (bicyclic) bond motifs is 1. The molecule has 1 N–H and O–H groups in total. The number of hydrogen-bond acceptors (Lipinski definition) is 2. The minimum absolute atomic E-state index is 0.0597. The standard InChI is InChI=1S/C12H10ClN3O/c13-9-2-1-3-10-8(9)6-12(17)16(10)7-11-14-4-5-15-11/h1-5H,6-7H2,(H,14,15). The third kappa shape index (κ3) is 1.70. The van der Waals surface area contributed by atoms with Crippen molar-refractivity contribution in [2.45, 2.75) is 13.0 Å². The van der Waals surface area contributed by atoms with Crippen LogP contribution in [0.25, 0.3) is 0 Å². The highest BCUT2D eigenvalue weighted by atomic mass is 35.5. The van der Waals surface area contributed by atoms with Crippen molar-refractivity contribution < 1.29 is 4.79 Å². The SMILES string of the molecule is O=C1Cc2c(Cl)cccc2N1Cc1ncc[nH]1. The molecule has 0 spiro atoms. The second-order valence-electron chi connectivity index (χ2n) is 3.93. The summed E-state index contributed by atoms with van der Waals surface area (Å²) >= 11 is 6.08. The Hall–Kier alpha value is -1.81. The summed E-state index contributed by atoms with van der Waals surface area (Å²) in [5, 5.41) is 0.651. The van der Waals surface area contributed by atoms with Gasteiger partial charge in [-0.05, 0) is 12.1 Å². The number of benzene rings is 1. The number of rotatable bonds is 2. The number of aromatic nitrogens is 2. The number of amides is 1. The molecule has 2 heterocycles. The molecule has 1 aliphatic heterocycles. The van der Waals surface area contributed by atoms with Gasteiger partial charge < -0.3 is 9.88 Å². The molecule has 17 heavy (non-hydrogen) atoms. The molecule has 0 fully saturated rings. The van der Waals surface area contributed by atoms with Crippen LogP contribution >= 0.6 is 11.6 Å². The number of imidazole rings is 1. The Bertz CT molecular complexity index is 565. The van der Waals surface area contributed by atoms with Gasteiger partial charge in [0.05, 0.1) is 13.0 Å². The molecule has 0 saturated heterocycles. The summed E-state index contributed by atoms with van der Waals surface area (Å²) in [4.78, 5) is 20.8. The van der Waals surface area contributed by atoms with Crippen LogP contribution in [0.3, 0.4) is 0 Å². The predicted octanol–water partition coefficient (Wildman–Crippen LogP) is 2.15. The monoisotopic (exact) mass is 247 g/mol. The van der Waals surface area contributed by atoms with Crippen molar-refractivity contribution >= 4 is 23.2 Å². The number of nitrogens with one attached hydrogen (secondary N) is 1. The highest BCUT2D eigenvalue weighted by Gasteiger charge is 2.29. The van der Waals surface area contributed by atoms with Gasteiger partial charge in [-0.15, -0.1) is 0 Å². The van der Waals surface area contributed by atoms with Gasteiger partial charge in [-0.1, -0.05) is 17.7 Å². The highest BCUT2D eigenvalue weighted by Crippen LogP contribution is 2.34. The van der Waals surface area contributed by atoms with Crippen molar-refractivity contribution in [1.29, 1.82) is 0 Å². The van der Waals surface area contributed by atoms with Crippen LogP contribution in [0.1, 0.15) is 11.4 Å². The van der Waals surface area contributed by atoms with Gasteiger partial charge in [-0.25, -0.2) is 4.98 Å². The fraction of sp³-hybridized carbons (Fsp3) is 0.167. The molecule has 0 unspecified atom stereocenters. The van der Waals surface area contributed by atoms with E-state index in [0.29, 0.717) is 18.0 Å². The zero-order valence-electron chi connectivity index (χ0n) is 8.98. The highest BCUT2D eigenvalue weighted by molar-refractivity contribution is 6.32. The smallest absolute Gasteiger partial charge is 0.231 e. The molecular formula is C12H10ClN3O. The number of carbonyl (C=O) groups excluding carboxylic acids is 1. The second kappa shape index (κ2) is 3.89. The van der Waals surface area contributed by atoms with Crippen molar-refractivity contribution in [2.75, 3.05) is 4.90 Å². The molecule has 0 radical (unpaired) electrons. The Morgan fingerprint density at radius 2 is 2.35 bits per heavy atom. The number of aromatic amines is 1. The molecule has 2 aromatic rings. The molecule has 1 aliphatic rings. The van der Waals surface area contributed by atoms with Gasteiger partial charge in [0.1, 0.15) is 5.82 Å². The van der Waals surface area contributed by atoms with E-state index in [4.69, 9.17) is 11.6 Å². The summed E-state index contributed by atoms with van der Waals surface area (Å²) in [5.74, 6) is 0.829. The molecule has 1 aromatic heterocycles. The number of nitrogens with zero attached hydrogens (tertiary/aromatic N) is 2. The van der Waals surface area contributed by atoms with Crippen molar-refractivity contribution in [2.24, 2.45) is 0 Å². The van der Waals surface area contributed by atoms with Gasteiger partial charge in [0.25, 0.3) is 0 Å². The lowest BCUT2D eigenvalue weighted by Gasteiger charge is -2.15. The number of H-pyrrole nitrogens is 1. The molecule has 0 saturated carbocycles. The van der Waals surface area contributed by atoms with E-state index in [0.717, 1.165) is 17.1 Å². The topological polar surface area (TPSA) is 49.0 Å². The van der Waals surface area contributed by atoms with Crippen LogP contribution in [0.5, 0.6) is 0 Å². The number of anilines is 1. The van der Waals surface area contributed by atoms with Crippen LogP contribution in [-0.4, -0.2) is 15.9 Å². The molecule has 86 valence electrons. The van der Waals surface area contributed by atoms with Crippen LogP contribution in [0.15, 0.2) is 30.6 Å². The lowest BCUT2D eigenvalue weighted by atomic mass is 10.2. The molecule has 1 amide bonds. The van der Waals surface area contributed by atoms with Crippen LogP contribution in [0, 0.1) is 0 Å². The van der Waals surface area contributed by atoms with Crippen molar-refractivity contribution in [3.63, 3.8) is 0 Å². The summed E-state index contributed by atoms with van der Waals surface area (Å²) in [6, 6.07) is 5.58. The minimum atomic E-state index is 0.0597. The Kier molecular flexibility index (Phi) is 2.37. The summed E-state index contributed by atoms with van der Waals surface area (Å²) in [7, 11) is 0. The first-order valence-electron chi connectivity index (χ1n) is 5.32. The lowest BCUT2D eigenvalue weighted by molar-refractivity contribution is -0.117. The molecule has 4 nitrogen and oxygen atoms in total. The maximum absolute atomic E-state index is 11.9. The fourth-order valence-corrected chi connectivity index (χ4v) is 2.30. The molecule has 0 atom stereocenters. The van der Waals surface area contributed by atoms with Crippen LogP contribution in [0.4, 0.5) is 5.69 Å². The largest absolute Gasteiger partial charge is 0.347 e. The number of halogens is 1. The normalized spacial score (nSPS) is 14.2. The third-order valence-electron chi connectivity index (χ3n) is 2.88. The Morgan fingerprint density at radius 3 is 3.12 bits per heavy atom. The number of carbonyl (C=O) groups is 1. The molecular weight excluding hydrogens is 238 g/mol. The van der Waals surface area contributed by atoms with Crippen LogP contribution < -0.4 is 4.90 Å². The van der Waals surface area contributed by atoms with Gasteiger partial charge in [0, 0.05) is 28.7 Å². The van der Waals surface area contributed by atoms with E-state index in [1.165, 1.54) is 0 Å². The lowest BCUT2D eigenvalue weighted by Crippen LogP contribution is -2.26. The van der Waals surface area contributed by atoms with E-state index in [-0.39, 0.29) is 5.91 Å². The Balaban J connectivity index is 1.97. The fourth-order valence-electron chi connectivity index (χ4n) is 2.06. The first-order chi connectivity index (χ1) is 8.25. The maximum Gasteiger partial charge on any atom is 0.231 e. The van der Waals surface area contributed by atoms with Gasteiger partial charge in [-0.3, -0.25) is 4.79 Å². The van der Waals surface area contributed by atoms with Gasteiger partial charge in [0.2, 0.25) is 5.91 Å². The van der Waals surface area contributed by atoms with Gasteiger partial charge in [0.15, 0.2) is 0 Å². The van der Waals surface area contributed by atoms with Crippen LogP contribution in [0.2, 0.25) is 5.02 Å². The summed E-state index contributed by atoms with van der Waals surface area (Å²) in [6.45, 7) is 0.458. The Labute approximate surface area is 103 Å². The van der Waals surface area contributed by atoms with E-state index in [1.807, 2.05) is 18.2 Å². The second-order valence-corrected chi connectivity index (χ2v) is 4.34. The van der Waals surface area contributed by atoms with Gasteiger partial charge >= 0.3 is 0 Å². The summed E-state index contributed by atoms with van der Waals surface area (Å²) in [6.07, 6.45) is 3.79. The van der Waals surface area contributed by atoms with E-state index >= 15 is 0 Å². The van der Waals surface area contributed by atoms with E-state index in [2.05, 4.69) is 9.97 Å². The molecule has 5 heteroatoms. The molecule has 0 aliphatic carbocycles. The van der Waals surface area contributed by atoms with Gasteiger partial charge in [-0.2, -0.15) is 0 Å². The first-order valence-corrected chi connectivity index (χ1v) is 5.69. The first kappa shape index (κ1) is 10.4. The zero-order chi connectivity index (χ0) is 11.8. The van der Waals surface area contributed by atoms with Crippen molar-refractivity contribution in [3.05, 3.63) is 47.0 Å². The third-order valence-corrected chi connectivity index (χ3v) is 3.23. The van der Waals surface area contributed by atoms with Crippen molar-refractivity contribution in [1.82, 2.24) is 9.97 Å². The zero-order valence-corrected chi connectivity index (χ0v) is 9.74. The maximum atomic E-state index is 11.9. The van der Waals surface area contributed by atoms with E-state index in [1.54, 1.807) is 17.3 Å². The minimum Gasteiger partial charge on any atom is -0.347 e.